The van der Waals surface area contributed by atoms with E-state index in [4.69, 9.17) is 0 Å². The molecule has 0 bridgehead atoms. The van der Waals surface area contributed by atoms with Gasteiger partial charge in [-0.25, -0.2) is 18.2 Å². The van der Waals surface area contributed by atoms with Crippen molar-refractivity contribution in [3.05, 3.63) is 87.2 Å². The van der Waals surface area contributed by atoms with Crippen molar-refractivity contribution < 1.29 is 18.3 Å². The molecule has 5 rings (SSSR count). The molecular formula is C27H21F3N2OS. The smallest absolute Gasteiger partial charge is 0.134 e. The van der Waals surface area contributed by atoms with Crippen LogP contribution in [-0.4, -0.2) is 16.3 Å². The Balaban J connectivity index is 1.68. The predicted octanol–water partition coefficient (Wildman–Crippen LogP) is 6.91. The van der Waals surface area contributed by atoms with E-state index in [1.165, 1.54) is 11.3 Å². The molecule has 7 heteroatoms. The number of hydrogen-bond acceptors (Lipinski definition) is 4. The number of hydrogen-bond donors (Lipinski definition) is 1. The maximum absolute atomic E-state index is 14.8. The summed E-state index contributed by atoms with van der Waals surface area (Å²) in [7, 11) is 0. The Labute approximate surface area is 199 Å². The van der Waals surface area contributed by atoms with Crippen LogP contribution in [0.4, 0.5) is 13.2 Å². The third-order valence-electron chi connectivity index (χ3n) is 6.58. The van der Waals surface area contributed by atoms with E-state index in [0.29, 0.717) is 27.8 Å². The maximum atomic E-state index is 14.8. The molecule has 1 heterocycles. The number of benzene rings is 3. The normalized spacial score (nSPS) is 18.1. The first kappa shape index (κ1) is 22.6. The number of fused-ring (bicyclic) bond motifs is 2. The molecule has 34 heavy (non-hydrogen) atoms. The SMILES string of the molecule is CCC(F)c1cc(F)cc(C#N)c1Cc1ccc(-c2cccc3scnc23)c2c1CC(F)C2O. The number of alkyl halides is 2. The average Bonchev–Trinajstić information content (AvgIpc) is 3.44. The minimum atomic E-state index is -1.47. The highest BCUT2D eigenvalue weighted by molar-refractivity contribution is 7.16. The van der Waals surface area contributed by atoms with Gasteiger partial charge < -0.3 is 5.11 Å². The van der Waals surface area contributed by atoms with Crippen molar-refractivity contribution in [2.24, 2.45) is 0 Å². The van der Waals surface area contributed by atoms with Gasteiger partial charge >= 0.3 is 0 Å². The summed E-state index contributed by atoms with van der Waals surface area (Å²) >= 11 is 1.50. The van der Waals surface area contributed by atoms with E-state index < -0.39 is 24.3 Å². The van der Waals surface area contributed by atoms with Gasteiger partial charge in [0.25, 0.3) is 0 Å². The van der Waals surface area contributed by atoms with Crippen LogP contribution in [0.1, 0.15) is 59.0 Å². The Bertz CT molecular complexity index is 1440. The summed E-state index contributed by atoms with van der Waals surface area (Å²) in [5.74, 6) is -0.664. The molecule has 1 aliphatic rings. The summed E-state index contributed by atoms with van der Waals surface area (Å²) in [4.78, 5) is 4.46. The zero-order valence-corrected chi connectivity index (χ0v) is 19.2. The van der Waals surface area contributed by atoms with Gasteiger partial charge in [-0.3, -0.25) is 0 Å². The highest BCUT2D eigenvalue weighted by atomic mass is 32.1. The van der Waals surface area contributed by atoms with E-state index in [1.54, 1.807) is 12.4 Å². The molecule has 3 unspecified atom stereocenters. The lowest BCUT2D eigenvalue weighted by atomic mass is 9.87. The first-order chi connectivity index (χ1) is 16.4. The number of thiazole rings is 1. The number of nitrogens with zero attached hydrogens (tertiary/aromatic N) is 2. The lowest BCUT2D eigenvalue weighted by Crippen LogP contribution is -2.07. The second-order valence-corrected chi connectivity index (χ2v) is 9.41. The van der Waals surface area contributed by atoms with Gasteiger partial charge in [0.05, 0.1) is 27.4 Å². The third-order valence-corrected chi connectivity index (χ3v) is 7.37. The number of nitriles is 1. The molecule has 3 nitrogen and oxygen atoms in total. The fourth-order valence-electron chi connectivity index (χ4n) is 4.93. The first-order valence-electron chi connectivity index (χ1n) is 11.1. The fraction of sp³-hybridized carbons (Fsp3) is 0.259. The van der Waals surface area contributed by atoms with Gasteiger partial charge in [-0.15, -0.1) is 11.3 Å². The number of aliphatic hydroxyl groups excluding tert-OH is 1. The number of halogens is 3. The quantitative estimate of drug-likeness (QED) is 0.339. The first-order valence-corrected chi connectivity index (χ1v) is 12.0. The molecule has 0 aliphatic heterocycles. The van der Waals surface area contributed by atoms with Crippen molar-refractivity contribution in [1.29, 1.82) is 5.26 Å². The van der Waals surface area contributed by atoms with Gasteiger partial charge in [0.15, 0.2) is 0 Å². The summed E-state index contributed by atoms with van der Waals surface area (Å²) in [6, 6.07) is 13.6. The van der Waals surface area contributed by atoms with Crippen molar-refractivity contribution in [2.45, 2.75) is 44.6 Å². The van der Waals surface area contributed by atoms with E-state index in [9.17, 15) is 23.5 Å². The highest BCUT2D eigenvalue weighted by Gasteiger charge is 2.36. The van der Waals surface area contributed by atoms with Crippen molar-refractivity contribution in [3.63, 3.8) is 0 Å². The highest BCUT2D eigenvalue weighted by Crippen LogP contribution is 2.44. The summed E-state index contributed by atoms with van der Waals surface area (Å²) in [5, 5.41) is 20.4. The van der Waals surface area contributed by atoms with Gasteiger partial charge in [0.2, 0.25) is 0 Å². The summed E-state index contributed by atoms with van der Waals surface area (Å²) in [6.45, 7) is 1.65. The zero-order valence-electron chi connectivity index (χ0n) is 18.4. The lowest BCUT2D eigenvalue weighted by Gasteiger charge is -2.18. The Hall–Kier alpha value is -3.21. The lowest BCUT2D eigenvalue weighted by molar-refractivity contribution is 0.0929. The molecule has 3 aromatic carbocycles. The van der Waals surface area contributed by atoms with Gasteiger partial charge in [0, 0.05) is 12.0 Å². The van der Waals surface area contributed by atoms with Crippen LogP contribution in [0.25, 0.3) is 21.3 Å². The van der Waals surface area contributed by atoms with Crippen LogP contribution in [0.5, 0.6) is 0 Å². The predicted molar refractivity (Wildman–Crippen MR) is 127 cm³/mol. The van der Waals surface area contributed by atoms with Crippen LogP contribution in [0.2, 0.25) is 0 Å². The van der Waals surface area contributed by atoms with Crippen LogP contribution >= 0.6 is 11.3 Å². The Kier molecular flexibility index (Phi) is 5.88. The molecule has 4 aromatic rings. The second kappa shape index (κ2) is 8.86. The van der Waals surface area contributed by atoms with E-state index in [2.05, 4.69) is 4.98 Å². The fourth-order valence-corrected chi connectivity index (χ4v) is 5.63. The molecular weight excluding hydrogens is 457 g/mol. The minimum absolute atomic E-state index is 0.0119. The molecule has 0 saturated carbocycles. The van der Waals surface area contributed by atoms with Crippen LogP contribution in [0.3, 0.4) is 0 Å². The van der Waals surface area contributed by atoms with Crippen LogP contribution in [0, 0.1) is 17.1 Å². The monoisotopic (exact) mass is 478 g/mol. The molecule has 1 aromatic heterocycles. The molecule has 0 saturated heterocycles. The molecule has 0 spiro atoms. The molecule has 0 fully saturated rings. The van der Waals surface area contributed by atoms with Gasteiger partial charge in [-0.1, -0.05) is 31.2 Å². The van der Waals surface area contributed by atoms with Gasteiger partial charge in [-0.05, 0) is 64.4 Å². The molecule has 1 N–H and O–H groups in total. The molecule has 1 aliphatic carbocycles. The van der Waals surface area contributed by atoms with Crippen LogP contribution in [0.15, 0.2) is 48.0 Å². The van der Waals surface area contributed by atoms with Crippen molar-refractivity contribution >= 4 is 21.6 Å². The average molecular weight is 479 g/mol. The molecule has 0 radical (unpaired) electrons. The summed E-state index contributed by atoms with van der Waals surface area (Å²) in [6.07, 6.45) is -3.91. The van der Waals surface area contributed by atoms with Crippen molar-refractivity contribution in [1.82, 2.24) is 4.98 Å². The number of rotatable bonds is 5. The summed E-state index contributed by atoms with van der Waals surface area (Å²) < 4.78 is 44.6. The maximum Gasteiger partial charge on any atom is 0.134 e. The molecule has 0 amide bonds. The molecule has 172 valence electrons. The van der Waals surface area contributed by atoms with Crippen LogP contribution < -0.4 is 0 Å². The van der Waals surface area contributed by atoms with E-state index in [-0.39, 0.29) is 30.4 Å². The standard InChI is InChI=1S/C27H21F3N2OS/c1-2-22(29)21-10-16(28)8-15(12-31)19(21)9-14-6-7-17(25-20(14)11-23(30)27(25)33)18-4-3-5-24-26(18)32-13-34-24/h3-8,10,13,22-23,27,33H,2,9,11H2,1H3. The number of aliphatic hydroxyl groups is 1. The summed E-state index contributed by atoms with van der Waals surface area (Å²) in [5.41, 5.74) is 6.49. The van der Waals surface area contributed by atoms with Gasteiger partial charge in [0.1, 0.15) is 24.3 Å². The second-order valence-electron chi connectivity index (χ2n) is 8.52. The zero-order chi connectivity index (χ0) is 24.0. The minimum Gasteiger partial charge on any atom is -0.385 e. The van der Waals surface area contributed by atoms with E-state index >= 15 is 0 Å². The largest absolute Gasteiger partial charge is 0.385 e. The van der Waals surface area contributed by atoms with Crippen LogP contribution in [-0.2, 0) is 12.8 Å². The Morgan fingerprint density at radius 1 is 1.24 bits per heavy atom. The number of para-hydroxylation sites is 1. The van der Waals surface area contributed by atoms with Gasteiger partial charge in [-0.2, -0.15) is 5.26 Å². The van der Waals surface area contributed by atoms with E-state index in [1.807, 2.05) is 36.4 Å². The number of aromatic nitrogens is 1. The molecule has 3 atom stereocenters. The Morgan fingerprint density at radius 2 is 2.06 bits per heavy atom. The van der Waals surface area contributed by atoms with Crippen molar-refractivity contribution in [3.8, 4) is 17.2 Å². The van der Waals surface area contributed by atoms with E-state index in [0.717, 1.165) is 27.9 Å². The third kappa shape index (κ3) is 3.67. The Morgan fingerprint density at radius 3 is 2.82 bits per heavy atom. The van der Waals surface area contributed by atoms with Crippen molar-refractivity contribution in [2.75, 3.05) is 0 Å². The topological polar surface area (TPSA) is 56.9 Å².